The minimum Gasteiger partial charge on any atom is -0.486 e. The van der Waals surface area contributed by atoms with Crippen LogP contribution in [-0.2, 0) is 16.1 Å². The summed E-state index contributed by atoms with van der Waals surface area (Å²) < 4.78 is 16.4. The number of rotatable bonds is 7. The Labute approximate surface area is 205 Å². The van der Waals surface area contributed by atoms with E-state index < -0.39 is 12.1 Å². The number of carbonyl (C=O) groups excluding carboxylic acids is 3. The molecule has 0 spiro atoms. The quantitative estimate of drug-likeness (QED) is 0.606. The minimum atomic E-state index is -0.691. The van der Waals surface area contributed by atoms with Crippen molar-refractivity contribution >= 4 is 17.8 Å². The van der Waals surface area contributed by atoms with E-state index in [1.54, 1.807) is 23.1 Å². The number of hydrogen-bond acceptors (Lipinski definition) is 6. The Hall–Kier alpha value is -3.55. The van der Waals surface area contributed by atoms with E-state index in [2.05, 4.69) is 5.32 Å². The first-order valence-electron chi connectivity index (χ1n) is 12.1. The Kier molecular flexibility index (Phi) is 7.90. The average molecular weight is 481 g/mol. The molecule has 1 saturated heterocycles. The summed E-state index contributed by atoms with van der Waals surface area (Å²) in [5.41, 5.74) is 1.47. The van der Waals surface area contributed by atoms with Crippen LogP contribution in [0.25, 0.3) is 0 Å². The Morgan fingerprint density at radius 3 is 2.37 bits per heavy atom. The second kappa shape index (κ2) is 11.3. The van der Waals surface area contributed by atoms with Crippen molar-refractivity contribution in [3.8, 4) is 11.5 Å². The van der Waals surface area contributed by atoms with Gasteiger partial charge >= 0.3 is 6.09 Å². The second-order valence-corrected chi connectivity index (χ2v) is 9.25. The summed E-state index contributed by atoms with van der Waals surface area (Å²) in [6.07, 6.45) is 0.523. The number of nitrogens with one attached hydrogen (secondary N) is 1. The van der Waals surface area contributed by atoms with Crippen molar-refractivity contribution < 1.29 is 28.6 Å². The molecule has 2 aliphatic heterocycles. The molecule has 0 aliphatic carbocycles. The molecule has 2 aromatic rings. The molecule has 8 heteroatoms. The summed E-state index contributed by atoms with van der Waals surface area (Å²) in [7, 11) is 0. The number of ether oxygens (including phenoxy) is 3. The number of piperidine rings is 1. The summed E-state index contributed by atoms with van der Waals surface area (Å²) in [5, 5.41) is 2.73. The third kappa shape index (κ3) is 6.12. The lowest BCUT2D eigenvalue weighted by Gasteiger charge is -2.35. The Morgan fingerprint density at radius 2 is 1.69 bits per heavy atom. The van der Waals surface area contributed by atoms with Crippen LogP contribution in [0.3, 0.4) is 0 Å². The predicted molar refractivity (Wildman–Crippen MR) is 129 cm³/mol. The van der Waals surface area contributed by atoms with E-state index >= 15 is 0 Å². The zero-order valence-corrected chi connectivity index (χ0v) is 20.2. The number of alkyl carbamates (subject to hydrolysis) is 1. The number of amides is 2. The molecule has 2 heterocycles. The summed E-state index contributed by atoms with van der Waals surface area (Å²) >= 11 is 0. The lowest BCUT2D eigenvalue weighted by Crippen LogP contribution is -2.53. The van der Waals surface area contributed by atoms with Crippen LogP contribution in [0, 0.1) is 11.8 Å². The van der Waals surface area contributed by atoms with E-state index in [0.717, 1.165) is 5.56 Å². The number of fused-ring (bicyclic) bond motifs is 1. The van der Waals surface area contributed by atoms with Crippen molar-refractivity contribution in [1.82, 2.24) is 10.2 Å². The van der Waals surface area contributed by atoms with Crippen LogP contribution < -0.4 is 14.8 Å². The molecule has 2 aliphatic rings. The minimum absolute atomic E-state index is 0.0529. The van der Waals surface area contributed by atoms with Crippen LogP contribution in [0.4, 0.5) is 4.79 Å². The first kappa shape index (κ1) is 24.6. The monoisotopic (exact) mass is 480 g/mol. The fourth-order valence-corrected chi connectivity index (χ4v) is 4.40. The molecule has 0 saturated carbocycles. The maximum absolute atomic E-state index is 13.2. The molecule has 8 nitrogen and oxygen atoms in total. The number of carbonyl (C=O) groups is 3. The number of benzene rings is 2. The lowest BCUT2D eigenvalue weighted by atomic mass is 9.88. The first-order valence-corrected chi connectivity index (χ1v) is 12.1. The SMILES string of the molecule is CC(C)C(NC(=O)OCc1ccccc1)C(=O)N1CCC(C(=O)c2ccc3c(c2)OCCO3)CC1. The number of likely N-dealkylation sites (tertiary alicyclic amines) is 1. The van der Waals surface area contributed by atoms with Crippen LogP contribution in [0.2, 0.25) is 0 Å². The molecule has 35 heavy (non-hydrogen) atoms. The predicted octanol–water partition coefficient (Wildman–Crippen LogP) is 3.83. The van der Waals surface area contributed by atoms with Gasteiger partial charge < -0.3 is 24.4 Å². The smallest absolute Gasteiger partial charge is 0.408 e. The van der Waals surface area contributed by atoms with Crippen molar-refractivity contribution in [3.63, 3.8) is 0 Å². The normalized spacial score (nSPS) is 16.5. The van der Waals surface area contributed by atoms with E-state index in [1.165, 1.54) is 0 Å². The van der Waals surface area contributed by atoms with E-state index in [1.807, 2.05) is 44.2 Å². The lowest BCUT2D eigenvalue weighted by molar-refractivity contribution is -0.135. The van der Waals surface area contributed by atoms with Gasteiger partial charge in [-0.25, -0.2) is 4.79 Å². The summed E-state index contributed by atoms with van der Waals surface area (Å²) in [6, 6.07) is 14.0. The third-order valence-corrected chi connectivity index (χ3v) is 6.42. The maximum atomic E-state index is 13.2. The van der Waals surface area contributed by atoms with Crippen LogP contribution in [0.1, 0.15) is 42.6 Å². The van der Waals surface area contributed by atoms with Gasteiger partial charge in [-0.3, -0.25) is 9.59 Å². The topological polar surface area (TPSA) is 94.2 Å². The molecule has 0 radical (unpaired) electrons. The van der Waals surface area contributed by atoms with Crippen molar-refractivity contribution in [3.05, 3.63) is 59.7 Å². The summed E-state index contributed by atoms with van der Waals surface area (Å²) in [5.74, 6) is 0.883. The van der Waals surface area contributed by atoms with Gasteiger partial charge in [0.15, 0.2) is 17.3 Å². The molecular formula is C27H32N2O6. The molecule has 1 unspecified atom stereocenters. The van der Waals surface area contributed by atoms with Gasteiger partial charge in [-0.05, 0) is 42.5 Å². The highest BCUT2D eigenvalue weighted by atomic mass is 16.6. The van der Waals surface area contributed by atoms with Crippen LogP contribution >= 0.6 is 0 Å². The molecule has 0 aromatic heterocycles. The van der Waals surface area contributed by atoms with E-state index in [9.17, 15) is 14.4 Å². The van der Waals surface area contributed by atoms with Gasteiger partial charge in [0.05, 0.1) is 0 Å². The van der Waals surface area contributed by atoms with Gasteiger partial charge in [-0.15, -0.1) is 0 Å². The van der Waals surface area contributed by atoms with E-state index in [4.69, 9.17) is 14.2 Å². The van der Waals surface area contributed by atoms with E-state index in [0.29, 0.717) is 56.2 Å². The Morgan fingerprint density at radius 1 is 1.00 bits per heavy atom. The van der Waals surface area contributed by atoms with Gasteiger partial charge in [0.2, 0.25) is 5.91 Å². The number of Topliss-reactive ketones (excluding diaryl/α,β-unsaturated/α-hetero) is 1. The highest BCUT2D eigenvalue weighted by Gasteiger charge is 2.33. The first-order chi connectivity index (χ1) is 16.9. The molecular weight excluding hydrogens is 448 g/mol. The molecule has 2 amide bonds. The molecule has 0 bridgehead atoms. The number of ketones is 1. The highest BCUT2D eigenvalue weighted by Crippen LogP contribution is 2.32. The van der Waals surface area contributed by atoms with Gasteiger partial charge in [-0.2, -0.15) is 0 Å². The Bertz CT molecular complexity index is 1050. The molecule has 186 valence electrons. The van der Waals surface area contributed by atoms with Crippen LogP contribution in [0.15, 0.2) is 48.5 Å². The van der Waals surface area contributed by atoms with Crippen molar-refractivity contribution in [2.24, 2.45) is 11.8 Å². The number of nitrogens with zero attached hydrogens (tertiary/aromatic N) is 1. The fraction of sp³-hybridized carbons (Fsp3) is 0.444. The molecule has 1 fully saturated rings. The van der Waals surface area contributed by atoms with Crippen LogP contribution in [-0.4, -0.2) is 55.0 Å². The Balaban J connectivity index is 1.30. The maximum Gasteiger partial charge on any atom is 0.408 e. The molecule has 2 aromatic carbocycles. The fourth-order valence-electron chi connectivity index (χ4n) is 4.40. The van der Waals surface area contributed by atoms with Crippen molar-refractivity contribution in [1.29, 1.82) is 0 Å². The van der Waals surface area contributed by atoms with Gasteiger partial charge in [0.1, 0.15) is 25.9 Å². The molecule has 4 rings (SSSR count). The average Bonchev–Trinajstić information content (AvgIpc) is 2.90. The van der Waals surface area contributed by atoms with Gasteiger partial charge in [-0.1, -0.05) is 44.2 Å². The molecule has 1 N–H and O–H groups in total. The van der Waals surface area contributed by atoms with Crippen molar-refractivity contribution in [2.75, 3.05) is 26.3 Å². The summed E-state index contributed by atoms with van der Waals surface area (Å²) in [4.78, 5) is 40.3. The molecule has 1 atom stereocenters. The van der Waals surface area contributed by atoms with Gasteiger partial charge in [0.25, 0.3) is 0 Å². The standard InChI is InChI=1S/C27H32N2O6/c1-18(2)24(28-27(32)35-17-19-6-4-3-5-7-19)26(31)29-12-10-20(11-13-29)25(30)21-8-9-22-23(16-21)34-15-14-33-22/h3-9,16,18,20,24H,10-15,17H2,1-2H3,(H,28,32). The van der Waals surface area contributed by atoms with Crippen molar-refractivity contribution in [2.45, 2.75) is 39.3 Å². The number of hydrogen-bond donors (Lipinski definition) is 1. The second-order valence-electron chi connectivity index (χ2n) is 9.25. The highest BCUT2D eigenvalue weighted by molar-refractivity contribution is 5.98. The van der Waals surface area contributed by atoms with E-state index in [-0.39, 0.29) is 30.1 Å². The third-order valence-electron chi connectivity index (χ3n) is 6.42. The zero-order chi connectivity index (χ0) is 24.8. The summed E-state index contributed by atoms with van der Waals surface area (Å²) in [6.45, 7) is 5.81. The zero-order valence-electron chi connectivity index (χ0n) is 20.2. The largest absolute Gasteiger partial charge is 0.486 e. The van der Waals surface area contributed by atoms with Gasteiger partial charge in [0, 0.05) is 24.6 Å². The van der Waals surface area contributed by atoms with Crippen LogP contribution in [0.5, 0.6) is 11.5 Å².